The predicted octanol–water partition coefficient (Wildman–Crippen LogP) is 3.61. The lowest BCUT2D eigenvalue weighted by molar-refractivity contribution is 0.467. The third-order valence-electron chi connectivity index (χ3n) is 6.25. The molecule has 0 saturated carbocycles. The molecule has 3 atom stereocenters. The van der Waals surface area contributed by atoms with E-state index in [2.05, 4.69) is 38.1 Å². The molecule has 5 heterocycles. The van der Waals surface area contributed by atoms with Crippen molar-refractivity contribution in [2.24, 2.45) is 10.9 Å². The number of fused-ring (bicyclic) bond motifs is 2. The summed E-state index contributed by atoms with van der Waals surface area (Å²) in [5.74, 6) is 2.06. The highest BCUT2D eigenvalue weighted by Crippen LogP contribution is 2.33. The van der Waals surface area contributed by atoms with E-state index in [4.69, 9.17) is 15.4 Å². The standard InChI is InChI=1S/C23H24N8S/c24-7-3-19(27-12-17(11-25)21-18-4-8-26-22(18)29-14-28-21)16-5-9-31(13-16)20-2-1-15-6-10-32-23(15)30-20/h1-2,4,8,11-12,14,16-17,19,25H,3,5-6,9-10,13H2,(H,26,28,29). The second kappa shape index (κ2) is 9.09. The average Bonchev–Trinajstić information content (AvgIpc) is 3.58. The molecule has 1 fully saturated rings. The highest BCUT2D eigenvalue weighted by molar-refractivity contribution is 7.99. The zero-order valence-corrected chi connectivity index (χ0v) is 18.4. The maximum atomic E-state index is 9.42. The van der Waals surface area contributed by atoms with Gasteiger partial charge >= 0.3 is 0 Å². The summed E-state index contributed by atoms with van der Waals surface area (Å²) >= 11 is 1.83. The Morgan fingerprint density at radius 3 is 3.19 bits per heavy atom. The lowest BCUT2D eigenvalue weighted by Crippen LogP contribution is -2.25. The van der Waals surface area contributed by atoms with Crippen molar-refractivity contribution in [2.75, 3.05) is 23.7 Å². The van der Waals surface area contributed by atoms with Crippen LogP contribution in [0.3, 0.4) is 0 Å². The highest BCUT2D eigenvalue weighted by Gasteiger charge is 2.30. The van der Waals surface area contributed by atoms with Crippen LogP contribution in [0.15, 0.2) is 40.7 Å². The Labute approximate surface area is 190 Å². The molecule has 0 spiro atoms. The van der Waals surface area contributed by atoms with Gasteiger partial charge in [-0.25, -0.2) is 15.0 Å². The predicted molar refractivity (Wildman–Crippen MR) is 127 cm³/mol. The Hall–Kier alpha value is -3.25. The molecule has 0 radical (unpaired) electrons. The van der Waals surface area contributed by atoms with Crippen LogP contribution in [0.4, 0.5) is 5.82 Å². The van der Waals surface area contributed by atoms with E-state index in [0.717, 1.165) is 59.3 Å². The Morgan fingerprint density at radius 1 is 1.38 bits per heavy atom. The van der Waals surface area contributed by atoms with Crippen molar-refractivity contribution in [3.8, 4) is 6.07 Å². The largest absolute Gasteiger partial charge is 0.356 e. The van der Waals surface area contributed by atoms with Crippen LogP contribution >= 0.6 is 11.8 Å². The van der Waals surface area contributed by atoms with Crippen LogP contribution in [0.1, 0.15) is 30.0 Å². The number of nitrogens with zero attached hydrogens (tertiary/aromatic N) is 6. The van der Waals surface area contributed by atoms with E-state index in [9.17, 15) is 5.26 Å². The van der Waals surface area contributed by atoms with Gasteiger partial charge in [0.2, 0.25) is 0 Å². The van der Waals surface area contributed by atoms with Gasteiger partial charge in [-0.1, -0.05) is 6.07 Å². The van der Waals surface area contributed by atoms with Crippen LogP contribution in [-0.2, 0) is 6.42 Å². The van der Waals surface area contributed by atoms with Gasteiger partial charge in [-0.3, -0.25) is 4.99 Å². The van der Waals surface area contributed by atoms with Gasteiger partial charge < -0.3 is 15.3 Å². The lowest BCUT2D eigenvalue weighted by Gasteiger charge is -2.21. The summed E-state index contributed by atoms with van der Waals surface area (Å²) in [4.78, 5) is 23.7. The molecule has 1 saturated heterocycles. The number of aryl methyl sites for hydroxylation is 1. The molecule has 162 valence electrons. The van der Waals surface area contributed by atoms with Gasteiger partial charge in [-0.05, 0) is 30.5 Å². The SMILES string of the molecule is N#CCC(N=CC(C=N)c1ncnc2[nH]ccc12)C1CCN(c2ccc3c(n2)SCC3)C1. The van der Waals surface area contributed by atoms with Crippen molar-refractivity contribution >= 4 is 41.0 Å². The summed E-state index contributed by atoms with van der Waals surface area (Å²) in [6.45, 7) is 1.76. The highest BCUT2D eigenvalue weighted by atomic mass is 32.2. The Morgan fingerprint density at radius 2 is 2.31 bits per heavy atom. The summed E-state index contributed by atoms with van der Waals surface area (Å²) in [7, 11) is 0. The fourth-order valence-corrected chi connectivity index (χ4v) is 5.54. The van der Waals surface area contributed by atoms with Crippen molar-refractivity contribution in [3.63, 3.8) is 0 Å². The minimum Gasteiger partial charge on any atom is -0.356 e. The maximum absolute atomic E-state index is 9.42. The molecule has 9 heteroatoms. The quantitative estimate of drug-likeness (QED) is 0.538. The first-order valence-electron chi connectivity index (χ1n) is 10.8. The first-order valence-corrected chi connectivity index (χ1v) is 11.8. The number of anilines is 1. The molecular formula is C23H24N8S. The number of rotatable bonds is 7. The van der Waals surface area contributed by atoms with E-state index in [1.807, 2.05) is 24.0 Å². The van der Waals surface area contributed by atoms with Crippen LogP contribution in [0, 0.1) is 22.7 Å². The van der Waals surface area contributed by atoms with E-state index >= 15 is 0 Å². The number of nitriles is 1. The van der Waals surface area contributed by atoms with Crippen LogP contribution in [0.2, 0.25) is 0 Å². The topological polar surface area (TPSA) is 118 Å². The smallest absolute Gasteiger partial charge is 0.140 e. The minimum atomic E-state index is -0.356. The number of pyridine rings is 1. The van der Waals surface area contributed by atoms with Gasteiger partial charge in [0, 0.05) is 48.8 Å². The number of hydrogen-bond acceptors (Lipinski definition) is 8. The van der Waals surface area contributed by atoms with Crippen molar-refractivity contribution in [3.05, 3.63) is 42.0 Å². The molecule has 8 nitrogen and oxygen atoms in total. The molecule has 5 rings (SSSR count). The van der Waals surface area contributed by atoms with E-state index in [1.54, 1.807) is 6.21 Å². The normalized spacial score (nSPS) is 19.8. The van der Waals surface area contributed by atoms with Crippen molar-refractivity contribution < 1.29 is 0 Å². The zero-order valence-electron chi connectivity index (χ0n) is 17.6. The Kier molecular flexibility index (Phi) is 5.86. The molecule has 32 heavy (non-hydrogen) atoms. The molecule has 2 N–H and O–H groups in total. The molecule has 0 amide bonds. The molecule has 3 aromatic rings. The number of nitrogens with one attached hydrogen (secondary N) is 2. The summed E-state index contributed by atoms with van der Waals surface area (Å²) in [6, 6.07) is 8.43. The van der Waals surface area contributed by atoms with Crippen molar-refractivity contribution in [1.82, 2.24) is 19.9 Å². The number of hydrogen-bond donors (Lipinski definition) is 2. The van der Waals surface area contributed by atoms with Gasteiger partial charge in [0.1, 0.15) is 22.8 Å². The Bertz CT molecular complexity index is 1200. The first kappa shape index (κ1) is 20.6. The van der Waals surface area contributed by atoms with E-state index in [0.29, 0.717) is 6.42 Å². The fourth-order valence-electron chi connectivity index (χ4n) is 4.51. The molecule has 3 unspecified atom stereocenters. The third kappa shape index (κ3) is 3.98. The number of H-pyrrole nitrogens is 1. The maximum Gasteiger partial charge on any atom is 0.140 e. The second-order valence-corrected chi connectivity index (χ2v) is 9.23. The lowest BCUT2D eigenvalue weighted by atomic mass is 9.96. The van der Waals surface area contributed by atoms with Crippen LogP contribution in [-0.4, -0.2) is 57.2 Å². The molecule has 0 aliphatic carbocycles. The van der Waals surface area contributed by atoms with Crippen molar-refractivity contribution in [2.45, 2.75) is 36.2 Å². The molecule has 0 bridgehead atoms. The van der Waals surface area contributed by atoms with Gasteiger partial charge in [0.25, 0.3) is 0 Å². The monoisotopic (exact) mass is 444 g/mol. The van der Waals surface area contributed by atoms with Gasteiger partial charge in [0.05, 0.1) is 30.1 Å². The summed E-state index contributed by atoms with van der Waals surface area (Å²) in [5.41, 5.74) is 2.84. The zero-order chi connectivity index (χ0) is 21.9. The van der Waals surface area contributed by atoms with Gasteiger partial charge in [-0.2, -0.15) is 5.26 Å². The molecule has 2 aliphatic heterocycles. The van der Waals surface area contributed by atoms with E-state index < -0.39 is 0 Å². The average molecular weight is 445 g/mol. The number of thioether (sulfide) groups is 1. The number of aromatic nitrogens is 4. The summed E-state index contributed by atoms with van der Waals surface area (Å²) in [5, 5.41) is 19.4. The number of aliphatic imine (C=N–C) groups is 1. The molecule has 3 aromatic heterocycles. The van der Waals surface area contributed by atoms with E-state index in [-0.39, 0.29) is 17.9 Å². The van der Waals surface area contributed by atoms with Crippen LogP contribution in [0.25, 0.3) is 11.0 Å². The van der Waals surface area contributed by atoms with Gasteiger partial charge in [0.15, 0.2) is 0 Å². The fraction of sp³-hybridized carbons (Fsp3) is 0.391. The van der Waals surface area contributed by atoms with Crippen molar-refractivity contribution in [1.29, 1.82) is 10.7 Å². The third-order valence-corrected chi connectivity index (χ3v) is 7.28. The summed E-state index contributed by atoms with van der Waals surface area (Å²) in [6.07, 6.45) is 8.87. The molecule has 2 aliphatic rings. The van der Waals surface area contributed by atoms with Gasteiger partial charge in [-0.15, -0.1) is 11.8 Å². The second-order valence-electron chi connectivity index (χ2n) is 8.15. The minimum absolute atomic E-state index is 0.111. The van der Waals surface area contributed by atoms with Crippen LogP contribution in [0.5, 0.6) is 0 Å². The van der Waals surface area contributed by atoms with E-state index in [1.165, 1.54) is 18.1 Å². The molecular weight excluding hydrogens is 420 g/mol. The summed E-state index contributed by atoms with van der Waals surface area (Å²) < 4.78 is 0. The van der Waals surface area contributed by atoms with Crippen LogP contribution < -0.4 is 4.90 Å². The first-order chi connectivity index (χ1) is 15.8. The number of aromatic amines is 1. The Balaban J connectivity index is 1.32. The molecule has 0 aromatic carbocycles.